The summed E-state index contributed by atoms with van der Waals surface area (Å²) in [5, 5.41) is 49.5. The number of rotatable bonds is 9. The van der Waals surface area contributed by atoms with E-state index in [-0.39, 0.29) is 0 Å². The van der Waals surface area contributed by atoms with Crippen LogP contribution in [0.3, 0.4) is 0 Å². The molecule has 1 aliphatic rings. The van der Waals surface area contributed by atoms with Gasteiger partial charge in [0.2, 0.25) is 19.4 Å². The van der Waals surface area contributed by atoms with E-state index in [1.165, 1.54) is 0 Å². The lowest BCUT2D eigenvalue weighted by Crippen LogP contribution is -2.60. The monoisotopic (exact) mass is 382 g/mol. The van der Waals surface area contributed by atoms with Crippen LogP contribution in [0.2, 0.25) is 0 Å². The largest absolute Gasteiger partial charge is 0.453 e. The molecular formula is C12H18N2O12. The zero-order chi connectivity index (χ0) is 19.9. The third-order valence-electron chi connectivity index (χ3n) is 3.34. The van der Waals surface area contributed by atoms with Gasteiger partial charge in [-0.25, -0.2) is 0 Å². The van der Waals surface area contributed by atoms with Crippen molar-refractivity contribution < 1.29 is 49.0 Å². The Morgan fingerprint density at radius 3 is 1.92 bits per heavy atom. The van der Waals surface area contributed by atoms with Gasteiger partial charge in [-0.15, -0.1) is 0 Å². The van der Waals surface area contributed by atoms with E-state index in [1.807, 2.05) is 0 Å². The van der Waals surface area contributed by atoms with E-state index in [4.69, 9.17) is 19.3 Å². The molecule has 0 radical (unpaired) electrons. The molecule has 0 aromatic heterocycles. The topological polar surface area (TPSA) is 209 Å². The van der Waals surface area contributed by atoms with E-state index in [2.05, 4.69) is 0 Å². The number of carbonyl (C=O) groups is 2. The average molecular weight is 382 g/mol. The fraction of sp³-hybridized carbons (Fsp3) is 0.833. The third kappa shape index (κ3) is 6.47. The highest BCUT2D eigenvalue weighted by atomic mass is 16.7. The number of nitro groups is 2. The summed E-state index contributed by atoms with van der Waals surface area (Å²) in [6.45, 7) is -2.27. The van der Waals surface area contributed by atoms with Crippen molar-refractivity contribution in [2.24, 2.45) is 0 Å². The van der Waals surface area contributed by atoms with Gasteiger partial charge in [0, 0.05) is 9.85 Å². The molecule has 0 amide bonds. The molecule has 0 aromatic carbocycles. The van der Waals surface area contributed by atoms with Crippen LogP contribution in [0, 0.1) is 20.2 Å². The lowest BCUT2D eigenvalue weighted by molar-refractivity contribution is -0.479. The highest BCUT2D eigenvalue weighted by molar-refractivity contribution is 5.70. The molecule has 1 rings (SSSR count). The van der Waals surface area contributed by atoms with Crippen molar-refractivity contribution in [3.63, 3.8) is 0 Å². The fourth-order valence-electron chi connectivity index (χ4n) is 2.04. The molecule has 0 saturated carbocycles. The first-order valence-electron chi connectivity index (χ1n) is 7.40. The third-order valence-corrected chi connectivity index (χ3v) is 3.34. The molecule has 14 heteroatoms. The fourth-order valence-corrected chi connectivity index (χ4v) is 2.04. The Balaban J connectivity index is 2.81. The molecule has 0 spiro atoms. The maximum atomic E-state index is 11.6. The van der Waals surface area contributed by atoms with Crippen LogP contribution >= 0.6 is 0 Å². The molecule has 3 N–H and O–H groups in total. The Labute approximate surface area is 145 Å². The summed E-state index contributed by atoms with van der Waals surface area (Å²) in [5.41, 5.74) is 0. The zero-order valence-corrected chi connectivity index (χ0v) is 13.3. The number of ether oxygens (including phenoxy) is 3. The van der Waals surface area contributed by atoms with Gasteiger partial charge in [0.05, 0.1) is 6.61 Å². The summed E-state index contributed by atoms with van der Waals surface area (Å²) in [4.78, 5) is 42.2. The molecule has 14 nitrogen and oxygen atoms in total. The maximum Gasteiger partial charge on any atom is 0.314 e. The van der Waals surface area contributed by atoms with Crippen molar-refractivity contribution in [3.8, 4) is 0 Å². The summed E-state index contributed by atoms with van der Waals surface area (Å²) < 4.78 is 14.6. The van der Waals surface area contributed by atoms with Crippen LogP contribution in [0.15, 0.2) is 0 Å². The van der Waals surface area contributed by atoms with Gasteiger partial charge in [-0.3, -0.25) is 29.8 Å². The molecule has 0 aromatic rings. The summed E-state index contributed by atoms with van der Waals surface area (Å²) in [5.74, 6) is -2.24. The number of nitrogens with zero attached hydrogens (tertiary/aromatic N) is 2. The van der Waals surface area contributed by atoms with Crippen LogP contribution in [-0.4, -0.2) is 87.5 Å². The number of hydrogen-bond donors (Lipinski definition) is 3. The van der Waals surface area contributed by atoms with E-state index >= 15 is 0 Å². The van der Waals surface area contributed by atoms with Gasteiger partial charge >= 0.3 is 11.9 Å². The van der Waals surface area contributed by atoms with Gasteiger partial charge in [0.1, 0.15) is 31.2 Å². The van der Waals surface area contributed by atoms with Gasteiger partial charge in [0.15, 0.2) is 6.10 Å². The van der Waals surface area contributed by atoms with Crippen molar-refractivity contribution in [1.82, 2.24) is 0 Å². The number of aliphatic hydroxyl groups excluding tert-OH is 3. The number of aliphatic hydroxyl groups is 3. The van der Waals surface area contributed by atoms with Crippen molar-refractivity contribution in [1.29, 1.82) is 0 Å². The molecule has 1 unspecified atom stereocenters. The Morgan fingerprint density at radius 1 is 0.962 bits per heavy atom. The van der Waals surface area contributed by atoms with E-state index in [0.717, 1.165) is 0 Å². The van der Waals surface area contributed by atoms with Gasteiger partial charge < -0.3 is 29.5 Å². The molecule has 0 aliphatic carbocycles. The minimum Gasteiger partial charge on any atom is -0.453 e. The first-order valence-corrected chi connectivity index (χ1v) is 7.40. The first kappa shape index (κ1) is 21.6. The maximum absolute atomic E-state index is 11.6. The quantitative estimate of drug-likeness (QED) is 0.210. The lowest BCUT2D eigenvalue weighted by Gasteiger charge is -2.40. The Kier molecular flexibility index (Phi) is 8.24. The first-order chi connectivity index (χ1) is 12.1. The highest BCUT2D eigenvalue weighted by Gasteiger charge is 2.48. The second-order valence-electron chi connectivity index (χ2n) is 5.26. The zero-order valence-electron chi connectivity index (χ0n) is 13.3. The molecule has 1 fully saturated rings. The van der Waals surface area contributed by atoms with Crippen LogP contribution in [-0.2, 0) is 23.8 Å². The van der Waals surface area contributed by atoms with E-state index in [9.17, 15) is 40.0 Å². The van der Waals surface area contributed by atoms with Gasteiger partial charge in [-0.2, -0.15) is 0 Å². The summed E-state index contributed by atoms with van der Waals surface area (Å²) in [6, 6.07) is 0. The van der Waals surface area contributed by atoms with E-state index in [0.29, 0.717) is 0 Å². The molecular weight excluding hydrogens is 364 g/mol. The van der Waals surface area contributed by atoms with Crippen LogP contribution in [0.25, 0.3) is 0 Å². The Bertz CT molecular complexity index is 540. The molecule has 5 atom stereocenters. The molecule has 1 saturated heterocycles. The average Bonchev–Trinajstić information content (AvgIpc) is 2.57. The van der Waals surface area contributed by atoms with Crippen molar-refractivity contribution in [3.05, 3.63) is 20.2 Å². The highest BCUT2D eigenvalue weighted by Crippen LogP contribution is 2.25. The Morgan fingerprint density at radius 2 is 1.46 bits per heavy atom. The van der Waals surface area contributed by atoms with Crippen LogP contribution in [0.5, 0.6) is 0 Å². The van der Waals surface area contributed by atoms with E-state index < -0.39 is 85.0 Å². The number of carbonyl (C=O) groups excluding carboxylic acids is 2. The standard InChI is InChI=1S/C12H18N2O12/c15-5-6-9(18)10(19)11(25-7(16)1-3-13(20)21)12(24-6)26-8(17)2-4-14(22)23/h6,9-12,15,18-19H,1-5H2/t6-,9-,10+,11-,12?/m1/s1. The van der Waals surface area contributed by atoms with Crippen molar-refractivity contribution in [2.45, 2.75) is 43.5 Å². The number of hydrogen-bond acceptors (Lipinski definition) is 12. The molecule has 148 valence electrons. The molecule has 26 heavy (non-hydrogen) atoms. The Hall–Kier alpha value is -2.42. The van der Waals surface area contributed by atoms with Crippen LogP contribution < -0.4 is 0 Å². The second kappa shape index (κ2) is 9.91. The van der Waals surface area contributed by atoms with Crippen LogP contribution in [0.1, 0.15) is 12.8 Å². The SMILES string of the molecule is O=C(CC[N+](=O)[O-])OC1O[C@H](CO)[C@@H](O)[C@H](O)[C@H]1OC(=O)CC[N+](=O)[O-]. The summed E-state index contributed by atoms with van der Waals surface area (Å²) in [6.07, 6.45) is -9.74. The predicted molar refractivity (Wildman–Crippen MR) is 76.7 cm³/mol. The normalized spacial score (nSPS) is 28.2. The molecule has 0 bridgehead atoms. The number of esters is 2. The molecule has 1 heterocycles. The minimum absolute atomic E-state index is 0.642. The predicted octanol–water partition coefficient (Wildman–Crippen LogP) is -2.79. The van der Waals surface area contributed by atoms with Gasteiger partial charge in [0.25, 0.3) is 0 Å². The summed E-state index contributed by atoms with van der Waals surface area (Å²) >= 11 is 0. The minimum atomic E-state index is -1.84. The van der Waals surface area contributed by atoms with Crippen molar-refractivity contribution >= 4 is 11.9 Å². The van der Waals surface area contributed by atoms with Crippen molar-refractivity contribution in [2.75, 3.05) is 19.7 Å². The lowest BCUT2D eigenvalue weighted by atomic mass is 9.99. The summed E-state index contributed by atoms with van der Waals surface area (Å²) in [7, 11) is 0. The van der Waals surface area contributed by atoms with Gasteiger partial charge in [-0.1, -0.05) is 0 Å². The second-order valence-corrected chi connectivity index (χ2v) is 5.26. The van der Waals surface area contributed by atoms with E-state index in [1.54, 1.807) is 0 Å². The van der Waals surface area contributed by atoms with Crippen LogP contribution in [0.4, 0.5) is 0 Å². The van der Waals surface area contributed by atoms with Gasteiger partial charge in [-0.05, 0) is 0 Å². The smallest absolute Gasteiger partial charge is 0.314 e. The molecule has 1 aliphatic heterocycles.